The van der Waals surface area contributed by atoms with Crippen LogP contribution in [0.25, 0.3) is 10.9 Å². The van der Waals surface area contributed by atoms with Crippen LogP contribution in [-0.4, -0.2) is 43.9 Å². The van der Waals surface area contributed by atoms with Gasteiger partial charge in [0.15, 0.2) is 0 Å². The van der Waals surface area contributed by atoms with E-state index in [0.29, 0.717) is 16.7 Å². The van der Waals surface area contributed by atoms with E-state index in [4.69, 9.17) is 15.9 Å². The molecule has 0 saturated heterocycles. The average Bonchev–Trinajstić information content (AvgIpc) is 2.77. The quantitative estimate of drug-likeness (QED) is 0.338. The summed E-state index contributed by atoms with van der Waals surface area (Å²) in [5.41, 5.74) is 5.97. The molecule has 0 spiro atoms. The number of fused-ring (bicyclic) bond motifs is 1. The number of hydrogen-bond acceptors (Lipinski definition) is 6. The molecule has 3 aromatic rings. The molecule has 0 bridgehead atoms. The minimum atomic E-state index is -1.05. The highest BCUT2D eigenvalue weighted by Crippen LogP contribution is 2.14. The van der Waals surface area contributed by atoms with Gasteiger partial charge in [0, 0.05) is 12.8 Å². The maximum absolute atomic E-state index is 11.6. The number of anilines is 1. The molecule has 0 atom stereocenters. The van der Waals surface area contributed by atoms with Crippen LogP contribution in [0.1, 0.15) is 35.4 Å². The molecule has 0 aliphatic rings. The number of carboxylic acid groups (broad SMARTS) is 2. The highest BCUT2D eigenvalue weighted by molar-refractivity contribution is 6.03. The Morgan fingerprint density at radius 3 is 2.21 bits per heavy atom. The van der Waals surface area contributed by atoms with Gasteiger partial charge in [0.25, 0.3) is 11.5 Å². The van der Waals surface area contributed by atoms with Crippen LogP contribution >= 0.6 is 0 Å². The molecule has 172 valence electrons. The first-order chi connectivity index (χ1) is 15.7. The summed E-state index contributed by atoms with van der Waals surface area (Å²) in [5, 5.41) is 19.9. The first-order valence-corrected chi connectivity index (χ1v) is 9.77. The van der Waals surface area contributed by atoms with E-state index in [2.05, 4.69) is 15.3 Å². The second kappa shape index (κ2) is 11.7. The number of hydrogen-bond donors (Lipinski definition) is 5. The number of nitrogens with two attached hydrogens (primary N) is 1. The number of nitrogens with zero attached hydrogens (tertiary/aromatic N) is 1. The predicted molar refractivity (Wildman–Crippen MR) is 119 cm³/mol. The molecule has 0 radical (unpaired) electrons. The summed E-state index contributed by atoms with van der Waals surface area (Å²) < 4.78 is 0. The SMILES string of the molecule is NC(=O)c1ccccc1NC(=O)CCC(=O)O.O=C(O)CCc1nc2ccccc2c(=O)[nH]1. The van der Waals surface area contributed by atoms with Crippen LogP contribution < -0.4 is 16.6 Å². The second-order valence-corrected chi connectivity index (χ2v) is 6.78. The number of aryl methyl sites for hydroxylation is 1. The average molecular weight is 454 g/mol. The predicted octanol–water partition coefficient (Wildman–Crippen LogP) is 1.53. The monoisotopic (exact) mass is 454 g/mol. The summed E-state index contributed by atoms with van der Waals surface area (Å²) >= 11 is 0. The zero-order valence-electron chi connectivity index (χ0n) is 17.4. The molecule has 6 N–H and O–H groups in total. The van der Waals surface area contributed by atoms with Crippen LogP contribution in [0.4, 0.5) is 5.69 Å². The Bertz CT molecular complexity index is 1240. The Morgan fingerprint density at radius 2 is 1.55 bits per heavy atom. The molecule has 0 saturated carbocycles. The number of carbonyl (C=O) groups is 4. The first-order valence-electron chi connectivity index (χ1n) is 9.77. The van der Waals surface area contributed by atoms with Crippen molar-refractivity contribution in [1.29, 1.82) is 0 Å². The summed E-state index contributed by atoms with van der Waals surface area (Å²) in [6.07, 6.45) is -0.219. The summed E-state index contributed by atoms with van der Waals surface area (Å²) in [6.45, 7) is 0. The number of nitrogens with one attached hydrogen (secondary N) is 2. The van der Waals surface area contributed by atoms with Gasteiger partial charge >= 0.3 is 11.9 Å². The van der Waals surface area contributed by atoms with Gasteiger partial charge in [-0.25, -0.2) is 4.98 Å². The van der Waals surface area contributed by atoms with E-state index in [1.54, 1.807) is 36.4 Å². The van der Waals surface area contributed by atoms with E-state index in [9.17, 15) is 24.0 Å². The van der Waals surface area contributed by atoms with Gasteiger partial charge in [-0.05, 0) is 24.3 Å². The largest absolute Gasteiger partial charge is 0.481 e. The van der Waals surface area contributed by atoms with Gasteiger partial charge in [0.05, 0.1) is 35.0 Å². The number of primary amides is 1. The molecule has 1 aromatic heterocycles. The molecular formula is C22H22N4O7. The van der Waals surface area contributed by atoms with Gasteiger partial charge in [0.1, 0.15) is 5.82 Å². The third kappa shape index (κ3) is 7.90. The summed E-state index contributed by atoms with van der Waals surface area (Å²) in [7, 11) is 0. The molecular weight excluding hydrogens is 432 g/mol. The van der Waals surface area contributed by atoms with Crippen LogP contribution in [0, 0.1) is 0 Å². The molecule has 3 rings (SSSR count). The highest BCUT2D eigenvalue weighted by Gasteiger charge is 2.11. The molecule has 11 heteroatoms. The molecule has 2 amide bonds. The van der Waals surface area contributed by atoms with E-state index in [-0.39, 0.29) is 42.5 Å². The molecule has 2 aromatic carbocycles. The van der Waals surface area contributed by atoms with Crippen molar-refractivity contribution in [2.24, 2.45) is 5.73 Å². The van der Waals surface area contributed by atoms with Gasteiger partial charge in [-0.15, -0.1) is 0 Å². The number of benzene rings is 2. The Morgan fingerprint density at radius 1 is 0.909 bits per heavy atom. The lowest BCUT2D eigenvalue weighted by Crippen LogP contribution is -2.18. The smallest absolute Gasteiger partial charge is 0.303 e. The lowest BCUT2D eigenvalue weighted by molar-refractivity contribution is -0.138. The number of carbonyl (C=O) groups excluding carboxylic acids is 2. The first kappa shape index (κ1) is 24.7. The number of aliphatic carboxylic acids is 2. The van der Waals surface area contributed by atoms with Crippen molar-refractivity contribution in [1.82, 2.24) is 9.97 Å². The molecule has 33 heavy (non-hydrogen) atoms. The summed E-state index contributed by atoms with van der Waals surface area (Å²) in [4.78, 5) is 61.5. The van der Waals surface area contributed by atoms with E-state index in [0.717, 1.165) is 0 Å². The van der Waals surface area contributed by atoms with Crippen molar-refractivity contribution >= 4 is 40.3 Å². The van der Waals surface area contributed by atoms with Gasteiger partial charge in [0.2, 0.25) is 5.91 Å². The minimum Gasteiger partial charge on any atom is -0.481 e. The molecule has 0 aliphatic carbocycles. The molecule has 0 unspecified atom stereocenters. The summed E-state index contributed by atoms with van der Waals surface area (Å²) in [5.74, 6) is -2.68. The van der Waals surface area contributed by atoms with Crippen LogP contribution in [0.5, 0.6) is 0 Å². The highest BCUT2D eigenvalue weighted by atomic mass is 16.4. The molecule has 0 aliphatic heterocycles. The van der Waals surface area contributed by atoms with Gasteiger partial charge < -0.3 is 26.2 Å². The van der Waals surface area contributed by atoms with E-state index in [1.165, 1.54) is 12.1 Å². The Hall–Kier alpha value is -4.54. The van der Waals surface area contributed by atoms with Crippen LogP contribution in [-0.2, 0) is 20.8 Å². The Labute approximate surface area is 187 Å². The number of amides is 2. The third-order valence-corrected chi connectivity index (χ3v) is 4.27. The number of para-hydroxylation sites is 2. The van der Waals surface area contributed by atoms with Gasteiger partial charge in [-0.2, -0.15) is 0 Å². The number of aromatic nitrogens is 2. The maximum Gasteiger partial charge on any atom is 0.303 e. The normalized spacial score (nSPS) is 10.1. The van der Waals surface area contributed by atoms with Crippen molar-refractivity contribution in [2.75, 3.05) is 5.32 Å². The summed E-state index contributed by atoms with van der Waals surface area (Å²) in [6, 6.07) is 13.2. The zero-order chi connectivity index (χ0) is 24.4. The third-order valence-electron chi connectivity index (χ3n) is 4.27. The standard InChI is InChI=1S/C11H12N2O4.C11H10N2O3/c12-11(17)7-3-1-2-4-8(7)13-9(14)5-6-10(15)16;14-10(15)6-5-9-12-8-4-2-1-3-7(8)11(16)13-9/h1-4H,5-6H2,(H2,12,17)(H,13,14)(H,15,16);1-4H,5-6H2,(H,14,15)(H,12,13,16). The second-order valence-electron chi connectivity index (χ2n) is 6.78. The van der Waals surface area contributed by atoms with Crippen molar-refractivity contribution in [3.63, 3.8) is 0 Å². The van der Waals surface area contributed by atoms with Crippen molar-refractivity contribution < 1.29 is 29.4 Å². The van der Waals surface area contributed by atoms with Crippen LogP contribution in [0.2, 0.25) is 0 Å². The number of rotatable bonds is 8. The van der Waals surface area contributed by atoms with E-state index >= 15 is 0 Å². The van der Waals surface area contributed by atoms with Crippen LogP contribution in [0.3, 0.4) is 0 Å². The van der Waals surface area contributed by atoms with Crippen LogP contribution in [0.15, 0.2) is 53.3 Å². The fourth-order valence-corrected chi connectivity index (χ4v) is 2.72. The lowest BCUT2D eigenvalue weighted by atomic mass is 10.1. The molecule has 0 fully saturated rings. The maximum atomic E-state index is 11.6. The fourth-order valence-electron chi connectivity index (χ4n) is 2.72. The van der Waals surface area contributed by atoms with Crippen molar-refractivity contribution in [2.45, 2.75) is 25.7 Å². The minimum absolute atomic E-state index is 0.0404. The lowest BCUT2D eigenvalue weighted by Gasteiger charge is -2.07. The van der Waals surface area contributed by atoms with Gasteiger partial charge in [-0.3, -0.25) is 24.0 Å². The van der Waals surface area contributed by atoms with E-state index in [1.807, 2.05) is 0 Å². The van der Waals surface area contributed by atoms with Crippen molar-refractivity contribution in [3.8, 4) is 0 Å². The topological polar surface area (TPSA) is 193 Å². The molecule has 1 heterocycles. The van der Waals surface area contributed by atoms with E-state index < -0.39 is 23.8 Å². The Balaban J connectivity index is 0.000000234. The van der Waals surface area contributed by atoms with Crippen molar-refractivity contribution in [3.05, 3.63) is 70.3 Å². The zero-order valence-corrected chi connectivity index (χ0v) is 17.4. The van der Waals surface area contributed by atoms with Gasteiger partial charge in [-0.1, -0.05) is 24.3 Å². The number of carboxylic acids is 2. The fraction of sp³-hybridized carbons (Fsp3) is 0.182. The number of aromatic amines is 1. The molecule has 11 nitrogen and oxygen atoms in total. The number of H-pyrrole nitrogens is 1. The Kier molecular flexibility index (Phi) is 8.80.